The second-order valence-corrected chi connectivity index (χ2v) is 9.55. The lowest BCUT2D eigenvalue weighted by Gasteiger charge is -2.27. The number of phenolic OH excluding ortho intramolecular Hbond substituents is 1. The molecular formula is C23H22N2O5S2. The number of phenols is 1. The first-order valence-corrected chi connectivity index (χ1v) is 11.7. The van der Waals surface area contributed by atoms with Crippen molar-refractivity contribution in [2.75, 3.05) is 6.61 Å². The van der Waals surface area contributed by atoms with Gasteiger partial charge >= 0.3 is 0 Å². The highest BCUT2D eigenvalue weighted by Gasteiger charge is 2.44. The van der Waals surface area contributed by atoms with Gasteiger partial charge in [0.25, 0.3) is 5.91 Å². The number of aromatic nitrogens is 1. The van der Waals surface area contributed by atoms with E-state index < -0.39 is 23.5 Å². The third kappa shape index (κ3) is 3.89. The summed E-state index contributed by atoms with van der Waals surface area (Å²) in [5.74, 6) is -1.40. The van der Waals surface area contributed by atoms with Gasteiger partial charge in [0.1, 0.15) is 0 Å². The number of benzene rings is 1. The van der Waals surface area contributed by atoms with Gasteiger partial charge in [-0.2, -0.15) is 0 Å². The number of amides is 1. The Morgan fingerprint density at radius 2 is 2.03 bits per heavy atom. The molecule has 1 aliphatic heterocycles. The van der Waals surface area contributed by atoms with Crippen LogP contribution in [0.4, 0.5) is 0 Å². The van der Waals surface area contributed by atoms with Gasteiger partial charge in [0, 0.05) is 4.88 Å². The summed E-state index contributed by atoms with van der Waals surface area (Å²) in [6.45, 7) is 5.90. The molecule has 166 valence electrons. The molecule has 1 amide bonds. The number of nitrogens with zero attached hydrogens (tertiary/aromatic N) is 2. The molecule has 2 N–H and O–H groups in total. The number of rotatable bonds is 7. The number of thiazole rings is 1. The van der Waals surface area contributed by atoms with Crippen molar-refractivity contribution in [3.8, 4) is 11.5 Å². The van der Waals surface area contributed by atoms with Crippen LogP contribution in [-0.4, -0.2) is 38.4 Å². The Kier molecular flexibility index (Phi) is 6.03. The molecule has 0 spiro atoms. The molecule has 0 bridgehead atoms. The number of Topliss-reactive ketones (excluding diaryl/α,β-unsaturated/α-hetero) is 1. The van der Waals surface area contributed by atoms with Crippen LogP contribution in [0.15, 0.2) is 47.0 Å². The molecule has 0 saturated carbocycles. The van der Waals surface area contributed by atoms with Crippen molar-refractivity contribution >= 4 is 34.4 Å². The average molecular weight is 471 g/mol. The molecule has 1 aliphatic rings. The molecule has 2 aromatic heterocycles. The fourth-order valence-corrected chi connectivity index (χ4v) is 5.38. The Balaban J connectivity index is 1.84. The molecule has 1 aromatic carbocycles. The molecule has 3 aromatic rings. The van der Waals surface area contributed by atoms with Gasteiger partial charge in [-0.1, -0.05) is 12.1 Å². The molecule has 4 rings (SSSR count). The zero-order chi connectivity index (χ0) is 23.0. The molecular weight excluding hydrogens is 448 g/mol. The van der Waals surface area contributed by atoms with E-state index in [1.54, 1.807) is 32.9 Å². The number of thiophene rings is 1. The van der Waals surface area contributed by atoms with E-state index in [1.165, 1.54) is 33.6 Å². The van der Waals surface area contributed by atoms with Crippen LogP contribution in [0.1, 0.15) is 43.8 Å². The lowest BCUT2D eigenvalue weighted by atomic mass is 9.94. The van der Waals surface area contributed by atoms with Crippen LogP contribution >= 0.6 is 22.7 Å². The Bertz CT molecular complexity index is 1210. The van der Waals surface area contributed by atoms with Crippen molar-refractivity contribution in [2.24, 2.45) is 0 Å². The lowest BCUT2D eigenvalue weighted by Crippen LogP contribution is -2.30. The predicted octanol–water partition coefficient (Wildman–Crippen LogP) is 4.70. The molecule has 3 heterocycles. The van der Waals surface area contributed by atoms with Crippen molar-refractivity contribution in [1.82, 2.24) is 9.88 Å². The lowest BCUT2D eigenvalue weighted by molar-refractivity contribution is -0.130. The summed E-state index contributed by atoms with van der Waals surface area (Å²) in [5.41, 5.74) is 1.12. The summed E-state index contributed by atoms with van der Waals surface area (Å²) < 4.78 is 5.51. The van der Waals surface area contributed by atoms with E-state index in [1.807, 2.05) is 17.5 Å². The zero-order valence-electron chi connectivity index (χ0n) is 17.8. The van der Waals surface area contributed by atoms with Gasteiger partial charge in [-0.3, -0.25) is 9.59 Å². The molecule has 32 heavy (non-hydrogen) atoms. The van der Waals surface area contributed by atoms with Crippen molar-refractivity contribution < 1.29 is 24.5 Å². The minimum atomic E-state index is -0.835. The van der Waals surface area contributed by atoms with Gasteiger partial charge in [0.05, 0.1) is 40.3 Å². The summed E-state index contributed by atoms with van der Waals surface area (Å²) in [5, 5.41) is 23.6. The first-order valence-electron chi connectivity index (χ1n) is 10.0. The second-order valence-electron chi connectivity index (χ2n) is 7.31. The summed E-state index contributed by atoms with van der Waals surface area (Å²) in [6, 6.07) is 7.65. The van der Waals surface area contributed by atoms with Crippen LogP contribution < -0.4 is 4.74 Å². The normalized spacial score (nSPS) is 16.2. The van der Waals surface area contributed by atoms with Crippen molar-refractivity contribution in [3.05, 3.63) is 73.1 Å². The van der Waals surface area contributed by atoms with E-state index in [9.17, 15) is 19.8 Å². The number of hydrogen-bond donors (Lipinski definition) is 2. The molecule has 0 radical (unpaired) electrons. The Morgan fingerprint density at radius 1 is 1.25 bits per heavy atom. The molecule has 0 saturated heterocycles. The number of ketones is 1. The number of aromatic hydroxyl groups is 1. The van der Waals surface area contributed by atoms with Crippen LogP contribution in [0.3, 0.4) is 0 Å². The van der Waals surface area contributed by atoms with E-state index in [0.717, 1.165) is 9.88 Å². The summed E-state index contributed by atoms with van der Waals surface area (Å²) in [6.07, 6.45) is 0. The fourth-order valence-electron chi connectivity index (χ4n) is 3.80. The maximum absolute atomic E-state index is 13.5. The third-order valence-electron chi connectivity index (χ3n) is 5.16. The standard InChI is InChI=1S/C23H22N2O5S2/c1-4-30-17-10-14(7-8-16(17)26)19-18(20(27)22-12(2)24-13(3)32-22)21(28)23(29)25(19)11-15-6-5-9-31-15/h5-10,19,26,28H,4,11H2,1-3H3. The summed E-state index contributed by atoms with van der Waals surface area (Å²) in [4.78, 5) is 33.7. The van der Waals surface area contributed by atoms with Gasteiger partial charge < -0.3 is 19.8 Å². The van der Waals surface area contributed by atoms with E-state index in [2.05, 4.69) is 4.98 Å². The number of ether oxygens (including phenoxy) is 1. The highest BCUT2D eigenvalue weighted by atomic mass is 32.1. The van der Waals surface area contributed by atoms with Crippen molar-refractivity contribution in [3.63, 3.8) is 0 Å². The first kappa shape index (κ1) is 22.0. The van der Waals surface area contributed by atoms with E-state index >= 15 is 0 Å². The second kappa shape index (κ2) is 8.76. The van der Waals surface area contributed by atoms with Crippen molar-refractivity contribution in [1.29, 1.82) is 0 Å². The summed E-state index contributed by atoms with van der Waals surface area (Å²) in [7, 11) is 0. The SMILES string of the molecule is CCOc1cc(C2C(C(=O)c3sc(C)nc3C)=C(O)C(=O)N2Cc2cccs2)ccc1O. The quantitative estimate of drug-likeness (QED) is 0.486. The van der Waals surface area contributed by atoms with E-state index in [4.69, 9.17) is 4.74 Å². The van der Waals surface area contributed by atoms with Gasteiger partial charge in [-0.25, -0.2) is 4.98 Å². The van der Waals surface area contributed by atoms with Crippen LogP contribution in [0, 0.1) is 13.8 Å². The Hall–Kier alpha value is -3.17. The van der Waals surface area contributed by atoms with Crippen LogP contribution in [0.2, 0.25) is 0 Å². The zero-order valence-corrected chi connectivity index (χ0v) is 19.4. The fraction of sp³-hybridized carbons (Fsp3) is 0.261. The van der Waals surface area contributed by atoms with Gasteiger partial charge in [0.15, 0.2) is 17.3 Å². The highest BCUT2D eigenvalue weighted by Crippen LogP contribution is 2.43. The Labute approximate surface area is 193 Å². The number of hydrogen-bond acceptors (Lipinski definition) is 8. The van der Waals surface area contributed by atoms with Crippen LogP contribution in [0.25, 0.3) is 0 Å². The smallest absolute Gasteiger partial charge is 0.290 e. The topological polar surface area (TPSA) is 100.0 Å². The number of carbonyl (C=O) groups excluding carboxylic acids is 2. The maximum Gasteiger partial charge on any atom is 0.290 e. The van der Waals surface area contributed by atoms with Gasteiger partial charge in [-0.15, -0.1) is 22.7 Å². The monoisotopic (exact) mass is 470 g/mol. The van der Waals surface area contributed by atoms with Gasteiger partial charge in [0.2, 0.25) is 5.78 Å². The third-order valence-corrected chi connectivity index (χ3v) is 7.10. The van der Waals surface area contributed by atoms with E-state index in [-0.39, 0.29) is 23.6 Å². The van der Waals surface area contributed by atoms with Crippen LogP contribution in [0.5, 0.6) is 11.5 Å². The predicted molar refractivity (Wildman–Crippen MR) is 122 cm³/mol. The number of carbonyl (C=O) groups is 2. The number of aryl methyl sites for hydroxylation is 2. The maximum atomic E-state index is 13.5. The molecule has 1 atom stereocenters. The van der Waals surface area contributed by atoms with Gasteiger partial charge in [-0.05, 0) is 49.9 Å². The minimum absolute atomic E-state index is 0.00597. The Morgan fingerprint density at radius 3 is 2.66 bits per heavy atom. The largest absolute Gasteiger partial charge is 0.504 e. The molecule has 1 unspecified atom stereocenters. The molecule has 0 fully saturated rings. The number of aliphatic hydroxyl groups excluding tert-OH is 1. The van der Waals surface area contributed by atoms with Crippen molar-refractivity contribution in [2.45, 2.75) is 33.4 Å². The first-order chi connectivity index (χ1) is 15.3. The van der Waals surface area contributed by atoms with E-state index in [0.29, 0.717) is 22.7 Å². The van der Waals surface area contributed by atoms with Crippen LogP contribution in [-0.2, 0) is 11.3 Å². The average Bonchev–Trinajstić information content (AvgIpc) is 3.45. The molecule has 7 nitrogen and oxygen atoms in total. The number of aliphatic hydroxyl groups is 1. The molecule has 0 aliphatic carbocycles. The molecule has 9 heteroatoms. The highest BCUT2D eigenvalue weighted by molar-refractivity contribution is 7.14. The minimum Gasteiger partial charge on any atom is -0.504 e. The summed E-state index contributed by atoms with van der Waals surface area (Å²) >= 11 is 2.72.